The van der Waals surface area contributed by atoms with Gasteiger partial charge in [0.25, 0.3) is 0 Å². The zero-order valence-electron chi connectivity index (χ0n) is 29.1. The van der Waals surface area contributed by atoms with Gasteiger partial charge in [-0.1, -0.05) is 55.8 Å². The predicted molar refractivity (Wildman–Crippen MR) is 186 cm³/mol. The molecule has 268 valence electrons. The van der Waals surface area contributed by atoms with Gasteiger partial charge in [-0.05, 0) is 113 Å². The van der Waals surface area contributed by atoms with Gasteiger partial charge in [-0.25, -0.2) is 4.72 Å². The lowest BCUT2D eigenvalue weighted by Crippen LogP contribution is -2.62. The molecule has 7 fully saturated rings. The molecule has 4 aliphatic carbocycles. The molecule has 7 aliphatic rings. The van der Waals surface area contributed by atoms with E-state index in [1.807, 2.05) is 11.9 Å². The highest BCUT2D eigenvalue weighted by Gasteiger charge is 2.63. The van der Waals surface area contributed by atoms with Gasteiger partial charge in [0.2, 0.25) is 0 Å². The van der Waals surface area contributed by atoms with Gasteiger partial charge in [-0.3, -0.25) is 20.4 Å². The molecular weight excluding hydrogens is 632 g/mol. The minimum atomic E-state index is -4.11. The van der Waals surface area contributed by atoms with Crippen LogP contribution < -0.4 is 15.4 Å². The maximum Gasteiger partial charge on any atom is 0.394 e. The van der Waals surface area contributed by atoms with Crippen molar-refractivity contribution in [3.63, 3.8) is 0 Å². The summed E-state index contributed by atoms with van der Waals surface area (Å²) in [5.41, 5.74) is 3.02. The number of nitrogens with one attached hydrogen (secondary N) is 3. The Kier molecular flexibility index (Phi) is 9.69. The van der Waals surface area contributed by atoms with Gasteiger partial charge in [0.1, 0.15) is 12.5 Å². The number of rotatable bonds is 5. The summed E-state index contributed by atoms with van der Waals surface area (Å²) in [6.07, 6.45) is 11.3. The quantitative estimate of drug-likeness (QED) is 0.276. The highest BCUT2D eigenvalue weighted by Crippen LogP contribution is 2.60. The van der Waals surface area contributed by atoms with E-state index >= 15 is 0 Å². The molecule has 4 bridgehead atoms. The number of benzene rings is 1. The Balaban J connectivity index is 1.08. The van der Waals surface area contributed by atoms with E-state index in [-0.39, 0.29) is 37.1 Å². The number of hydrogen-bond donors (Lipinski definition) is 3. The topological polar surface area (TPSA) is 51.8 Å². The molecule has 0 radical (unpaired) electrons. The van der Waals surface area contributed by atoms with Crippen LogP contribution in [0.25, 0.3) is 0 Å². The van der Waals surface area contributed by atoms with Crippen LogP contribution in [0.1, 0.15) is 119 Å². The number of alkyl halides is 3. The summed E-state index contributed by atoms with van der Waals surface area (Å²) in [6.45, 7) is 7.62. The van der Waals surface area contributed by atoms with Crippen LogP contribution in [-0.4, -0.2) is 78.1 Å². The van der Waals surface area contributed by atoms with Crippen LogP contribution in [0.15, 0.2) is 18.2 Å². The van der Waals surface area contributed by atoms with Crippen LogP contribution in [0.3, 0.4) is 0 Å². The van der Waals surface area contributed by atoms with Crippen LogP contribution >= 0.6 is 11.9 Å². The molecule has 3 saturated heterocycles. The van der Waals surface area contributed by atoms with Crippen molar-refractivity contribution in [1.82, 2.24) is 25.2 Å². The number of nitrogens with zero attached hydrogens (tertiary/aromatic N) is 2. The van der Waals surface area contributed by atoms with Gasteiger partial charge in [0, 0.05) is 49.4 Å². The number of hydrogen-bond acceptors (Lipinski definition) is 7. The van der Waals surface area contributed by atoms with Gasteiger partial charge in [0.15, 0.2) is 0 Å². The van der Waals surface area contributed by atoms with E-state index < -0.39 is 11.6 Å². The first kappa shape index (κ1) is 34.2. The fourth-order valence-corrected chi connectivity index (χ4v) is 11.9. The van der Waals surface area contributed by atoms with E-state index in [4.69, 9.17) is 4.74 Å². The fraction of sp³-hybridized carbons (Fsp3) is 0.842. The van der Waals surface area contributed by atoms with E-state index in [0.717, 1.165) is 32.5 Å². The molecule has 7 atom stereocenters. The molecule has 48 heavy (non-hydrogen) atoms. The third-order valence-corrected chi connectivity index (χ3v) is 14.9. The predicted octanol–water partition coefficient (Wildman–Crippen LogP) is 7.56. The zero-order valence-corrected chi connectivity index (χ0v) is 29.9. The minimum Gasteiger partial charge on any atom is -0.357 e. The Bertz CT molecular complexity index is 1260. The molecule has 3 heterocycles. The van der Waals surface area contributed by atoms with Gasteiger partial charge in [0.05, 0.1) is 11.5 Å². The van der Waals surface area contributed by atoms with Crippen molar-refractivity contribution >= 4 is 11.9 Å². The van der Waals surface area contributed by atoms with E-state index in [2.05, 4.69) is 57.2 Å². The second-order valence-corrected chi connectivity index (χ2v) is 18.2. The van der Waals surface area contributed by atoms with Crippen LogP contribution in [0.4, 0.5) is 13.2 Å². The summed E-state index contributed by atoms with van der Waals surface area (Å²) in [7, 11) is 0. The van der Waals surface area contributed by atoms with E-state index in [1.54, 1.807) is 0 Å². The van der Waals surface area contributed by atoms with E-state index in [1.165, 1.54) is 80.9 Å². The molecule has 1 aromatic carbocycles. The normalized spacial score (nSPS) is 37.6. The lowest BCUT2D eigenvalue weighted by molar-refractivity contribution is -0.190. The first-order valence-electron chi connectivity index (χ1n) is 19.3. The number of fused-ring (bicyclic) bond motifs is 5. The number of aryl methyl sites for hydroxylation is 2. The van der Waals surface area contributed by atoms with Crippen LogP contribution in [-0.2, 0) is 4.74 Å². The van der Waals surface area contributed by atoms with Crippen LogP contribution in [0, 0.1) is 30.6 Å². The van der Waals surface area contributed by atoms with E-state index in [0.29, 0.717) is 42.0 Å². The van der Waals surface area contributed by atoms with Gasteiger partial charge < -0.3 is 4.74 Å². The van der Waals surface area contributed by atoms with Crippen molar-refractivity contribution in [1.29, 1.82) is 0 Å². The third-order valence-electron chi connectivity index (χ3n) is 13.8. The minimum absolute atomic E-state index is 0.0309. The Morgan fingerprint density at radius 2 is 1.69 bits per heavy atom. The van der Waals surface area contributed by atoms with Crippen molar-refractivity contribution in [3.05, 3.63) is 34.9 Å². The molecule has 0 aromatic heterocycles. The van der Waals surface area contributed by atoms with Gasteiger partial charge >= 0.3 is 6.18 Å². The van der Waals surface area contributed by atoms with Crippen molar-refractivity contribution in [3.8, 4) is 0 Å². The first-order chi connectivity index (χ1) is 23.1. The standard InChI is InChI=1S/C38H58F3N5OS/c1-25-8-6-9-26(2)34(25)30-19-33-43-35(42-30)44-48-29-11-7-10-27(18-29)22-45(17-16-37(14-15-37)38(39,40)41)31-23-46(24-32(31)47-33)28-20-36(21-28)12-4-3-5-13-36/h6,8-9,27-33,35,42-44H,3-5,7,10-24H2,1-2H3/t27?,29?,30?,31-,32-,33?,35?/m1/s1. The van der Waals surface area contributed by atoms with Crippen LogP contribution in [0.2, 0.25) is 0 Å². The molecule has 8 rings (SSSR count). The summed E-state index contributed by atoms with van der Waals surface area (Å²) < 4.78 is 53.7. The smallest absolute Gasteiger partial charge is 0.357 e. The Labute approximate surface area is 290 Å². The molecule has 1 spiro atoms. The molecule has 5 unspecified atom stereocenters. The number of halogens is 3. The summed E-state index contributed by atoms with van der Waals surface area (Å²) in [6, 6.07) is 7.39. The van der Waals surface area contributed by atoms with Gasteiger partial charge in [-0.2, -0.15) is 13.2 Å². The monoisotopic (exact) mass is 689 g/mol. The van der Waals surface area contributed by atoms with Crippen molar-refractivity contribution in [2.45, 2.75) is 158 Å². The maximum atomic E-state index is 14.2. The Morgan fingerprint density at radius 3 is 2.42 bits per heavy atom. The third kappa shape index (κ3) is 6.99. The molecule has 10 heteroatoms. The maximum absolute atomic E-state index is 14.2. The highest BCUT2D eigenvalue weighted by molar-refractivity contribution is 7.98. The molecule has 4 saturated carbocycles. The van der Waals surface area contributed by atoms with Gasteiger partial charge in [-0.15, -0.1) is 0 Å². The van der Waals surface area contributed by atoms with E-state index in [9.17, 15) is 13.2 Å². The van der Waals surface area contributed by atoms with Crippen molar-refractivity contribution < 1.29 is 17.9 Å². The Morgan fingerprint density at radius 1 is 0.917 bits per heavy atom. The largest absolute Gasteiger partial charge is 0.394 e. The Hall–Kier alpha value is -0.880. The second kappa shape index (κ2) is 13.6. The molecular formula is C38H58F3N5OS. The average molecular weight is 690 g/mol. The summed E-state index contributed by atoms with van der Waals surface area (Å²) in [5.74, 6) is 0.506. The first-order valence-corrected chi connectivity index (χ1v) is 20.2. The van der Waals surface area contributed by atoms with Crippen LogP contribution in [0.5, 0.6) is 0 Å². The molecule has 0 amide bonds. The van der Waals surface area contributed by atoms with Crippen molar-refractivity contribution in [2.24, 2.45) is 16.7 Å². The zero-order chi connectivity index (χ0) is 33.1. The fourth-order valence-electron chi connectivity index (χ4n) is 10.8. The number of likely N-dealkylation sites (tertiary alicyclic amines) is 1. The SMILES string of the molecule is Cc1cccc(C)c1C1CC2NC(NSC3CCCC(C3)CN(CCC3(C(F)(F)F)CC3)[C@@H]3CN(C4CC5(CCCCC5)C4)C[C@H]3O2)N1. The summed E-state index contributed by atoms with van der Waals surface area (Å²) >= 11 is 1.84. The van der Waals surface area contributed by atoms with Crippen molar-refractivity contribution in [2.75, 3.05) is 26.2 Å². The molecule has 1 aromatic rings. The average Bonchev–Trinajstić information content (AvgIpc) is 3.75. The summed E-state index contributed by atoms with van der Waals surface area (Å²) in [4.78, 5) is 5.21. The number of ether oxygens (including phenoxy) is 1. The lowest BCUT2D eigenvalue weighted by atomic mass is 9.58. The molecule has 3 N–H and O–H groups in total. The second-order valence-electron chi connectivity index (χ2n) is 17.1. The molecule has 6 nitrogen and oxygen atoms in total. The molecule has 3 aliphatic heterocycles. The lowest BCUT2D eigenvalue weighted by Gasteiger charge is -2.53. The highest BCUT2D eigenvalue weighted by atomic mass is 32.2. The summed E-state index contributed by atoms with van der Waals surface area (Å²) in [5, 5.41) is 8.16.